The molecule has 0 aromatic heterocycles. The topological polar surface area (TPSA) is 493 Å². The van der Waals surface area contributed by atoms with Gasteiger partial charge >= 0.3 is 5.97 Å². The lowest BCUT2D eigenvalue weighted by Crippen LogP contribution is -2.72. The highest BCUT2D eigenvalue weighted by Gasteiger charge is 2.62. The maximum Gasteiger partial charge on any atom is 0.364 e. The molecule has 2 amide bonds. The quantitative estimate of drug-likeness (QED) is 0.0361. The zero-order valence-corrected chi connectivity index (χ0v) is 58.3. The molecule has 4 rings (SSSR count). The van der Waals surface area contributed by atoms with Gasteiger partial charge in [0.1, 0.15) is 104 Å². The Morgan fingerprint density at radius 3 is 1.46 bits per heavy atom. The summed E-state index contributed by atoms with van der Waals surface area (Å²) in [6.07, 6.45) is -14.8. The molecule has 0 radical (unpaired) electrons. The molecule has 0 aromatic rings. The molecular weight excluding hydrogens is 1290 g/mol. The van der Waals surface area contributed by atoms with Gasteiger partial charge in [-0.2, -0.15) is 0 Å². The lowest BCUT2D eigenvalue weighted by atomic mass is 9.87. The second kappa shape index (κ2) is 47.0. The Bertz CT molecular complexity index is 2140. The van der Waals surface area contributed by atoms with Crippen LogP contribution in [0, 0.1) is 5.92 Å². The molecule has 4 aliphatic rings. The predicted molar refractivity (Wildman–Crippen MR) is 351 cm³/mol. The Balaban J connectivity index is 1.45. The van der Waals surface area contributed by atoms with Crippen molar-refractivity contribution in [3.05, 3.63) is 0 Å². The number of rotatable bonds is 51. The number of unbranched alkanes of at least 4 members (excludes halogenated alkanes) is 24. The molecule has 576 valence electrons. The molecular formula is C68H126N2O28. The number of aliphatic hydroxyl groups is 16. The fourth-order valence-electron chi connectivity index (χ4n) is 13.2. The smallest absolute Gasteiger partial charge is 0.364 e. The summed E-state index contributed by atoms with van der Waals surface area (Å²) in [5.41, 5.74) is 0. The number of hydrogen-bond donors (Lipinski definition) is 19. The Kier molecular flexibility index (Phi) is 42.1. The number of ether oxygens (including phenoxy) is 8. The summed E-state index contributed by atoms with van der Waals surface area (Å²) in [4.78, 5) is 39.9. The molecule has 13 unspecified atom stereocenters. The van der Waals surface area contributed by atoms with Crippen molar-refractivity contribution in [1.29, 1.82) is 0 Å². The van der Waals surface area contributed by atoms with Gasteiger partial charge in [-0.1, -0.05) is 194 Å². The van der Waals surface area contributed by atoms with E-state index in [9.17, 15) is 101 Å². The number of carboxylic acid groups (broad SMARTS) is 1. The molecule has 4 heterocycles. The minimum Gasteiger partial charge on any atom is -0.477 e. The lowest BCUT2D eigenvalue weighted by molar-refractivity contribution is -0.392. The molecule has 0 aromatic carbocycles. The van der Waals surface area contributed by atoms with Gasteiger partial charge in [0.25, 0.3) is 5.79 Å². The molecule has 98 heavy (non-hydrogen) atoms. The molecule has 30 nitrogen and oxygen atoms in total. The normalized spacial score (nSPS) is 32.7. The second-order valence-corrected chi connectivity index (χ2v) is 27.9. The van der Waals surface area contributed by atoms with E-state index in [0.717, 1.165) is 77.6 Å². The number of nitrogens with one attached hydrogen (secondary N) is 2. The number of amides is 2. The number of aliphatic carboxylic acids is 1. The van der Waals surface area contributed by atoms with Gasteiger partial charge < -0.3 is 135 Å². The number of hydrogen-bond acceptors (Lipinski definition) is 27. The fourth-order valence-corrected chi connectivity index (χ4v) is 13.2. The summed E-state index contributed by atoms with van der Waals surface area (Å²) >= 11 is 0. The van der Waals surface area contributed by atoms with Crippen LogP contribution in [0.3, 0.4) is 0 Å². The van der Waals surface area contributed by atoms with Gasteiger partial charge in [-0.15, -0.1) is 0 Å². The SMILES string of the molecule is CCCCCCCCCCCCCCCCCCCC[C@H](O)C(=O)N[C@@H](CO[C@@H]1OC(CO)[C@@H](O[C@@H]2OC(CO)[C@H](O)C(OC3(C(=O)O)C[C@@H](O[C@@H]4OC(CO)[C@H](O)C(O)C4O)[C@@H](NC(C)=O)C(C(O)C(O)CO)O3)C2O)C(O)C1O)[C@@H](O)[C@H](O)CCCCCCCCCCC(C)C. The Morgan fingerprint density at radius 2 is 0.980 bits per heavy atom. The van der Waals surface area contributed by atoms with Crippen molar-refractivity contribution in [2.45, 2.75) is 373 Å². The Hall–Kier alpha value is -2.55. The third-order valence-corrected chi connectivity index (χ3v) is 19.3. The highest BCUT2D eigenvalue weighted by atomic mass is 16.8. The maximum absolute atomic E-state index is 13.6. The summed E-state index contributed by atoms with van der Waals surface area (Å²) in [6.45, 7) is 2.63. The first-order valence-corrected chi connectivity index (χ1v) is 36.5. The first kappa shape index (κ1) is 87.9. The summed E-state index contributed by atoms with van der Waals surface area (Å²) < 4.78 is 46.5. The first-order chi connectivity index (χ1) is 46.8. The van der Waals surface area contributed by atoms with Gasteiger partial charge in [-0.25, -0.2) is 4.79 Å². The van der Waals surface area contributed by atoms with Crippen molar-refractivity contribution < 1.29 is 139 Å². The molecule has 4 aliphatic heterocycles. The molecule has 0 saturated carbocycles. The van der Waals surface area contributed by atoms with Gasteiger partial charge in [0.15, 0.2) is 18.9 Å². The number of carbonyl (C=O) groups is 3. The molecule has 4 fully saturated rings. The standard InChI is InChI=1S/C68H126N2O28/c1-5-6-7-8-9-10-11-12-13-14-15-16-17-18-19-24-27-30-33-44(77)63(88)70-42(51(79)43(76)32-29-26-23-21-20-22-25-28-31-40(2)3)39-91-64-58(86)56(84)60(49(38-74)95-64)96-66-59(87)62(54(82)48(37-73)94-66)98-68(67(89)90)34-46(92-65-57(85)55(83)53(81)47(36-72)93-65)50(69-41(4)75)61(97-68)52(80)45(78)35-71/h40,42-62,64-66,71-74,76-87H,5-39H2,1-4H3,(H,69,75)(H,70,88)(H,89,90)/t42-,43+,44-,45?,46+,47?,48?,49?,50+,51+,52?,53-,54-,55?,56?,57?,58?,59?,60+,61?,62?,64+,65+,66-,68?/m0/s1. The molecule has 30 heteroatoms. The summed E-state index contributed by atoms with van der Waals surface area (Å²) in [5.74, 6) is -6.53. The predicted octanol–water partition coefficient (Wildman–Crippen LogP) is 0.181. The van der Waals surface area contributed by atoms with Crippen LogP contribution in [-0.4, -0.2) is 290 Å². The second-order valence-electron chi connectivity index (χ2n) is 27.9. The zero-order valence-electron chi connectivity index (χ0n) is 58.3. The van der Waals surface area contributed by atoms with Crippen molar-refractivity contribution in [3.8, 4) is 0 Å². The molecule has 0 bridgehead atoms. The van der Waals surface area contributed by atoms with E-state index in [1.54, 1.807) is 0 Å². The average molecular weight is 1420 g/mol. The number of carbonyl (C=O) groups excluding carboxylic acids is 2. The van der Waals surface area contributed by atoms with Crippen LogP contribution in [0.4, 0.5) is 0 Å². The van der Waals surface area contributed by atoms with E-state index in [-0.39, 0.29) is 12.8 Å². The van der Waals surface area contributed by atoms with E-state index in [1.807, 2.05) is 0 Å². The van der Waals surface area contributed by atoms with Crippen LogP contribution >= 0.6 is 0 Å². The summed E-state index contributed by atoms with van der Waals surface area (Å²) in [5, 5.41) is 192. The highest BCUT2D eigenvalue weighted by molar-refractivity contribution is 5.80. The van der Waals surface area contributed by atoms with Crippen molar-refractivity contribution in [1.82, 2.24) is 10.6 Å². The van der Waals surface area contributed by atoms with Gasteiger partial charge in [-0.05, 0) is 18.8 Å². The van der Waals surface area contributed by atoms with E-state index in [2.05, 4.69) is 31.4 Å². The van der Waals surface area contributed by atoms with Crippen molar-refractivity contribution in [3.63, 3.8) is 0 Å². The third kappa shape index (κ3) is 28.1. The van der Waals surface area contributed by atoms with Crippen molar-refractivity contribution in [2.24, 2.45) is 5.92 Å². The third-order valence-electron chi connectivity index (χ3n) is 19.3. The summed E-state index contributed by atoms with van der Waals surface area (Å²) in [7, 11) is 0. The van der Waals surface area contributed by atoms with Crippen LogP contribution in [0.15, 0.2) is 0 Å². The molecule has 4 saturated heterocycles. The van der Waals surface area contributed by atoms with Gasteiger partial charge in [0.2, 0.25) is 11.8 Å². The van der Waals surface area contributed by atoms with E-state index in [0.29, 0.717) is 18.8 Å². The van der Waals surface area contributed by atoms with E-state index < -0.39 is 210 Å². The van der Waals surface area contributed by atoms with Crippen LogP contribution in [0.2, 0.25) is 0 Å². The largest absolute Gasteiger partial charge is 0.477 e. The molecule has 0 spiro atoms. The van der Waals surface area contributed by atoms with Gasteiger partial charge in [0, 0.05) is 13.3 Å². The zero-order chi connectivity index (χ0) is 72.5. The fraction of sp³-hybridized carbons (Fsp3) is 0.956. The molecule has 25 atom stereocenters. The van der Waals surface area contributed by atoms with E-state index in [1.165, 1.54) is 89.9 Å². The van der Waals surface area contributed by atoms with E-state index in [4.69, 9.17) is 37.9 Å². The number of aliphatic hydroxyl groups excluding tert-OH is 16. The van der Waals surface area contributed by atoms with Gasteiger partial charge in [0.05, 0.1) is 57.3 Å². The average Bonchev–Trinajstić information content (AvgIpc) is 0.750. The van der Waals surface area contributed by atoms with Gasteiger partial charge in [-0.3, -0.25) is 9.59 Å². The minimum atomic E-state index is -3.32. The maximum atomic E-state index is 13.6. The van der Waals surface area contributed by atoms with Crippen molar-refractivity contribution in [2.75, 3.05) is 33.0 Å². The van der Waals surface area contributed by atoms with Crippen LogP contribution in [0.5, 0.6) is 0 Å². The van der Waals surface area contributed by atoms with E-state index >= 15 is 0 Å². The van der Waals surface area contributed by atoms with Crippen LogP contribution < -0.4 is 10.6 Å². The number of carboxylic acids is 1. The molecule has 0 aliphatic carbocycles. The highest BCUT2D eigenvalue weighted by Crippen LogP contribution is 2.41. The first-order valence-electron chi connectivity index (χ1n) is 36.5. The molecule has 19 N–H and O–H groups in total. The monoisotopic (exact) mass is 1420 g/mol. The van der Waals surface area contributed by atoms with Crippen LogP contribution in [-0.2, 0) is 52.3 Å². The lowest BCUT2D eigenvalue weighted by Gasteiger charge is -2.52. The van der Waals surface area contributed by atoms with Crippen LogP contribution in [0.1, 0.15) is 220 Å². The van der Waals surface area contributed by atoms with Crippen molar-refractivity contribution >= 4 is 17.8 Å². The Labute approximate surface area is 577 Å². The minimum absolute atomic E-state index is 0.106. The van der Waals surface area contributed by atoms with Crippen LogP contribution in [0.25, 0.3) is 0 Å². The summed E-state index contributed by atoms with van der Waals surface area (Å²) in [6, 6.07) is -3.22. The Morgan fingerprint density at radius 1 is 0.520 bits per heavy atom.